The van der Waals surface area contributed by atoms with Crippen LogP contribution in [-0.2, 0) is 0 Å². The van der Waals surface area contributed by atoms with Crippen molar-refractivity contribution in [3.8, 4) is 0 Å². The fourth-order valence-corrected chi connectivity index (χ4v) is 11.5. The number of fused-ring (bicyclic) bond motifs is 6. The highest BCUT2D eigenvalue weighted by Crippen LogP contribution is 2.54. The molecule has 0 spiro atoms. The van der Waals surface area contributed by atoms with Gasteiger partial charge in [-0.3, -0.25) is 0 Å². The molecule has 8 aromatic rings. The van der Waals surface area contributed by atoms with Crippen LogP contribution in [0.3, 0.4) is 0 Å². The monoisotopic (exact) mass is 750 g/mol. The minimum Gasteiger partial charge on any atom is -0.310 e. The van der Waals surface area contributed by atoms with Crippen LogP contribution in [0.4, 0.5) is 22.7 Å². The molecule has 0 fully saturated rings. The summed E-state index contributed by atoms with van der Waals surface area (Å²) in [5, 5.41) is 5.24. The molecule has 4 aliphatic carbocycles. The van der Waals surface area contributed by atoms with E-state index in [1.54, 1.807) is 0 Å². The van der Waals surface area contributed by atoms with Crippen LogP contribution in [0.2, 0.25) is 0 Å². The Balaban J connectivity index is 1.01. The first kappa shape index (κ1) is 31.8. The number of nitrogens with zero attached hydrogens (tertiary/aromatic N) is 2. The van der Waals surface area contributed by atoms with Crippen LogP contribution in [0.25, 0.3) is 40.3 Å². The normalized spacial score (nSPS) is 18.2. The van der Waals surface area contributed by atoms with Crippen molar-refractivity contribution in [2.24, 2.45) is 11.8 Å². The predicted octanol–water partition coefficient (Wildman–Crippen LogP) is 14.7. The number of para-hydroxylation sites is 2. The minimum atomic E-state index is 0.188. The molecule has 0 aliphatic heterocycles. The third-order valence-electron chi connectivity index (χ3n) is 11.8. The molecule has 264 valence electrons. The van der Waals surface area contributed by atoms with Gasteiger partial charge < -0.3 is 9.80 Å². The molecular formula is C52H34N2S2. The van der Waals surface area contributed by atoms with Crippen LogP contribution in [0.15, 0.2) is 228 Å². The van der Waals surface area contributed by atoms with Crippen molar-refractivity contribution in [1.82, 2.24) is 0 Å². The molecule has 12 rings (SSSR count). The lowest BCUT2D eigenvalue weighted by molar-refractivity contribution is 0.551. The lowest BCUT2D eigenvalue weighted by Crippen LogP contribution is -2.35. The molecular weight excluding hydrogens is 717 g/mol. The van der Waals surface area contributed by atoms with Crippen LogP contribution in [0.1, 0.15) is 0 Å². The summed E-state index contributed by atoms with van der Waals surface area (Å²) in [5.41, 5.74) is 12.5. The maximum absolute atomic E-state index is 2.47. The number of hydrogen-bond acceptors (Lipinski definition) is 4. The van der Waals surface area contributed by atoms with Crippen molar-refractivity contribution in [3.63, 3.8) is 0 Å². The van der Waals surface area contributed by atoms with E-state index in [2.05, 4.69) is 204 Å². The van der Waals surface area contributed by atoms with E-state index in [1.807, 2.05) is 22.7 Å². The van der Waals surface area contributed by atoms with Crippen molar-refractivity contribution in [1.29, 1.82) is 0 Å². The van der Waals surface area contributed by atoms with Gasteiger partial charge in [-0.15, -0.1) is 22.7 Å². The van der Waals surface area contributed by atoms with E-state index in [9.17, 15) is 0 Å². The van der Waals surface area contributed by atoms with E-state index in [0.29, 0.717) is 0 Å². The highest BCUT2D eigenvalue weighted by Gasteiger charge is 2.42. The Morgan fingerprint density at radius 2 is 0.893 bits per heavy atom. The second-order valence-electron chi connectivity index (χ2n) is 14.9. The summed E-state index contributed by atoms with van der Waals surface area (Å²) in [6.07, 6.45) is 18.9. The summed E-state index contributed by atoms with van der Waals surface area (Å²) < 4.78 is 5.28. The number of benzene rings is 6. The van der Waals surface area contributed by atoms with E-state index in [-0.39, 0.29) is 11.8 Å². The molecule has 2 unspecified atom stereocenters. The highest BCUT2D eigenvalue weighted by atomic mass is 32.1. The van der Waals surface area contributed by atoms with Crippen molar-refractivity contribution < 1.29 is 0 Å². The smallest absolute Gasteiger partial charge is 0.0500 e. The van der Waals surface area contributed by atoms with Crippen LogP contribution in [0.5, 0.6) is 0 Å². The lowest BCUT2D eigenvalue weighted by atomic mass is 9.63. The molecule has 0 saturated heterocycles. The maximum Gasteiger partial charge on any atom is 0.0500 e. The zero-order valence-corrected chi connectivity index (χ0v) is 32.0. The molecule has 2 nitrogen and oxygen atoms in total. The van der Waals surface area contributed by atoms with E-state index in [4.69, 9.17) is 0 Å². The molecule has 0 radical (unpaired) electrons. The standard InChI is InChI=1S/C52H34N2S2/c1-3-11-35(12-4-1)53(37-23-29-49-43(31-37)39-15-7-9-17-47(39)55-49)45-27-21-33-20-26-42-46(28-22-34-19-25-41(45)51(33)52(34)42)54(36-13-5-2-6-14-36)38-24-30-50-44(32-38)40-16-8-10-18-48(40)56-50/h1-32,51-52H. The molecule has 2 aromatic heterocycles. The second-order valence-corrected chi connectivity index (χ2v) is 17.0. The fraction of sp³-hybridized carbons (Fsp3) is 0.0385. The van der Waals surface area contributed by atoms with Crippen LogP contribution in [0, 0.1) is 11.8 Å². The molecule has 0 saturated carbocycles. The van der Waals surface area contributed by atoms with E-state index in [1.165, 1.54) is 85.4 Å². The second kappa shape index (κ2) is 12.5. The van der Waals surface area contributed by atoms with Crippen molar-refractivity contribution in [2.45, 2.75) is 0 Å². The van der Waals surface area contributed by atoms with Crippen molar-refractivity contribution in [2.75, 3.05) is 9.80 Å². The summed E-state index contributed by atoms with van der Waals surface area (Å²) in [5.74, 6) is 0.376. The van der Waals surface area contributed by atoms with Gasteiger partial charge in [-0.2, -0.15) is 0 Å². The summed E-state index contributed by atoms with van der Waals surface area (Å²) in [6, 6.07) is 53.3. The lowest BCUT2D eigenvalue weighted by Gasteiger charge is -2.45. The molecule has 2 heterocycles. The van der Waals surface area contributed by atoms with Gasteiger partial charge in [-0.05, 0) is 107 Å². The first-order chi connectivity index (χ1) is 27.8. The Morgan fingerprint density at radius 3 is 1.55 bits per heavy atom. The van der Waals surface area contributed by atoms with Gasteiger partial charge in [-0.25, -0.2) is 0 Å². The maximum atomic E-state index is 2.47. The van der Waals surface area contributed by atoms with Gasteiger partial charge in [0.1, 0.15) is 0 Å². The summed E-state index contributed by atoms with van der Waals surface area (Å²) in [7, 11) is 0. The van der Waals surface area contributed by atoms with E-state index >= 15 is 0 Å². The zero-order valence-electron chi connectivity index (χ0n) is 30.3. The van der Waals surface area contributed by atoms with Crippen LogP contribution >= 0.6 is 22.7 Å². The van der Waals surface area contributed by atoms with Crippen LogP contribution in [-0.4, -0.2) is 0 Å². The highest BCUT2D eigenvalue weighted by molar-refractivity contribution is 7.26. The largest absolute Gasteiger partial charge is 0.310 e. The first-order valence-corrected chi connectivity index (χ1v) is 20.9. The Hall–Kier alpha value is -6.46. The Morgan fingerprint density at radius 1 is 0.375 bits per heavy atom. The number of rotatable bonds is 6. The molecule has 6 aromatic carbocycles. The Bertz CT molecular complexity index is 3150. The average Bonchev–Trinajstić information content (AvgIpc) is 3.82. The Labute approximate surface area is 333 Å². The fourth-order valence-electron chi connectivity index (χ4n) is 9.36. The molecule has 56 heavy (non-hydrogen) atoms. The quantitative estimate of drug-likeness (QED) is 0.167. The van der Waals surface area contributed by atoms with Gasteiger partial charge in [0.2, 0.25) is 0 Å². The molecule has 0 N–H and O–H groups in total. The van der Waals surface area contributed by atoms with Gasteiger partial charge in [0.25, 0.3) is 0 Å². The number of allylic oxidation sites excluding steroid dienone is 12. The third kappa shape index (κ3) is 4.86. The average molecular weight is 751 g/mol. The molecule has 4 heteroatoms. The van der Waals surface area contributed by atoms with E-state index in [0.717, 1.165) is 11.4 Å². The summed E-state index contributed by atoms with van der Waals surface area (Å²) in [6.45, 7) is 0. The third-order valence-corrected chi connectivity index (χ3v) is 14.1. The number of hydrogen-bond donors (Lipinski definition) is 0. The van der Waals surface area contributed by atoms with Gasteiger partial charge >= 0.3 is 0 Å². The van der Waals surface area contributed by atoms with Gasteiger partial charge in [0.15, 0.2) is 0 Å². The van der Waals surface area contributed by atoms with Gasteiger partial charge in [0.05, 0.1) is 0 Å². The predicted molar refractivity (Wildman–Crippen MR) is 240 cm³/mol. The SMILES string of the molecule is C1=CC2=C(N(c3ccccc3)c3ccc4sc5ccccc5c4c3)C=CC3=CC=C4C(N(c5ccccc5)c5ccc6sc7ccccc7c6c5)=CC=C1C4C32. The minimum absolute atomic E-state index is 0.188. The van der Waals surface area contributed by atoms with Gasteiger partial charge in [0, 0.05) is 86.3 Å². The summed E-state index contributed by atoms with van der Waals surface area (Å²) in [4.78, 5) is 4.95. The molecule has 0 bridgehead atoms. The van der Waals surface area contributed by atoms with Crippen molar-refractivity contribution in [3.05, 3.63) is 228 Å². The molecule has 0 amide bonds. The Kier molecular flexibility index (Phi) is 7.13. The first-order valence-electron chi connectivity index (χ1n) is 19.2. The molecule has 2 atom stereocenters. The molecule has 4 aliphatic rings. The van der Waals surface area contributed by atoms with Crippen molar-refractivity contribution >= 4 is 85.8 Å². The number of thiophene rings is 2. The number of anilines is 4. The zero-order chi connectivity index (χ0) is 36.7. The van der Waals surface area contributed by atoms with Crippen LogP contribution < -0.4 is 9.80 Å². The van der Waals surface area contributed by atoms with Gasteiger partial charge in [-0.1, -0.05) is 109 Å². The summed E-state index contributed by atoms with van der Waals surface area (Å²) >= 11 is 3.74. The van der Waals surface area contributed by atoms with E-state index < -0.39 is 0 Å². The topological polar surface area (TPSA) is 6.48 Å².